The van der Waals surface area contributed by atoms with Crippen molar-refractivity contribution in [3.63, 3.8) is 0 Å². The summed E-state index contributed by atoms with van der Waals surface area (Å²) in [5.74, 6) is 0.691. The maximum atomic E-state index is 13.4. The van der Waals surface area contributed by atoms with Gasteiger partial charge in [-0.15, -0.1) is 0 Å². The molecule has 2 saturated carbocycles. The molecule has 1 saturated heterocycles. The Morgan fingerprint density at radius 3 is 2.65 bits per heavy atom. The first-order valence-corrected chi connectivity index (χ1v) is 11.4. The van der Waals surface area contributed by atoms with Gasteiger partial charge in [0.05, 0.1) is 4.90 Å². The highest BCUT2D eigenvalue weighted by atomic mass is 32.2. The second kappa shape index (κ2) is 7.21. The zero-order valence-corrected chi connectivity index (χ0v) is 16.1. The second-order valence-electron chi connectivity index (χ2n) is 8.57. The van der Waals surface area contributed by atoms with E-state index in [-0.39, 0.29) is 10.3 Å². The van der Waals surface area contributed by atoms with Crippen LogP contribution in [0.25, 0.3) is 0 Å². The third-order valence-corrected chi connectivity index (χ3v) is 7.99. The SMILES string of the molecule is O=S(=O)(NCC1CN(CC2CC2)CC12CCCCC2)c1cccc(F)c1. The Morgan fingerprint density at radius 2 is 1.96 bits per heavy atom. The van der Waals surface area contributed by atoms with Crippen molar-refractivity contribution in [2.24, 2.45) is 17.3 Å². The predicted octanol–water partition coefficient (Wildman–Crippen LogP) is 3.40. The summed E-state index contributed by atoms with van der Waals surface area (Å²) >= 11 is 0. The van der Waals surface area contributed by atoms with E-state index < -0.39 is 15.8 Å². The van der Waals surface area contributed by atoms with Crippen molar-refractivity contribution in [3.05, 3.63) is 30.1 Å². The van der Waals surface area contributed by atoms with Gasteiger partial charge in [0, 0.05) is 26.2 Å². The maximum absolute atomic E-state index is 13.4. The molecule has 4 nitrogen and oxygen atoms in total. The van der Waals surface area contributed by atoms with E-state index in [4.69, 9.17) is 0 Å². The molecule has 1 aromatic rings. The lowest BCUT2D eigenvalue weighted by atomic mass is 9.68. The Kier molecular flexibility index (Phi) is 5.10. The highest BCUT2D eigenvalue weighted by Gasteiger charge is 2.47. The third kappa shape index (κ3) is 3.97. The van der Waals surface area contributed by atoms with Gasteiger partial charge in [-0.05, 0) is 61.1 Å². The van der Waals surface area contributed by atoms with Gasteiger partial charge in [0.1, 0.15) is 5.82 Å². The molecule has 0 bridgehead atoms. The number of halogens is 1. The molecular weight excluding hydrogens is 351 g/mol. The van der Waals surface area contributed by atoms with Crippen LogP contribution in [0.5, 0.6) is 0 Å². The quantitative estimate of drug-likeness (QED) is 0.823. The van der Waals surface area contributed by atoms with E-state index in [2.05, 4.69) is 9.62 Å². The fourth-order valence-corrected chi connectivity index (χ4v) is 6.09. The van der Waals surface area contributed by atoms with Crippen molar-refractivity contribution in [2.75, 3.05) is 26.2 Å². The van der Waals surface area contributed by atoms with Gasteiger partial charge >= 0.3 is 0 Å². The van der Waals surface area contributed by atoms with E-state index >= 15 is 0 Å². The number of hydrogen-bond donors (Lipinski definition) is 1. The number of sulfonamides is 1. The summed E-state index contributed by atoms with van der Waals surface area (Å²) in [7, 11) is -3.66. The van der Waals surface area contributed by atoms with E-state index in [1.54, 1.807) is 0 Å². The smallest absolute Gasteiger partial charge is 0.240 e. The number of likely N-dealkylation sites (tertiary alicyclic amines) is 1. The Labute approximate surface area is 156 Å². The molecule has 4 rings (SSSR count). The topological polar surface area (TPSA) is 49.4 Å². The van der Waals surface area contributed by atoms with Crippen LogP contribution in [-0.4, -0.2) is 39.5 Å². The molecule has 1 aromatic carbocycles. The van der Waals surface area contributed by atoms with Gasteiger partial charge in [0.25, 0.3) is 0 Å². The Hall–Kier alpha value is -0.980. The summed E-state index contributed by atoms with van der Waals surface area (Å²) in [5, 5.41) is 0. The van der Waals surface area contributed by atoms with Gasteiger partial charge in [0.2, 0.25) is 10.0 Å². The predicted molar refractivity (Wildman–Crippen MR) is 99.8 cm³/mol. The molecule has 3 aliphatic rings. The lowest BCUT2D eigenvalue weighted by Gasteiger charge is -2.38. The monoisotopic (exact) mass is 380 g/mol. The molecule has 144 valence electrons. The molecule has 1 unspecified atom stereocenters. The highest BCUT2D eigenvalue weighted by Crippen LogP contribution is 2.48. The van der Waals surface area contributed by atoms with Crippen LogP contribution in [0.15, 0.2) is 29.2 Å². The van der Waals surface area contributed by atoms with Crippen molar-refractivity contribution < 1.29 is 12.8 Å². The van der Waals surface area contributed by atoms with Gasteiger partial charge < -0.3 is 4.90 Å². The Balaban J connectivity index is 1.46. The van der Waals surface area contributed by atoms with Gasteiger partial charge in [-0.1, -0.05) is 25.3 Å². The standard InChI is InChI=1S/C20H29FN2O2S/c21-18-5-4-6-19(11-18)26(24,25)22-12-17-14-23(13-16-7-8-16)15-20(17)9-2-1-3-10-20/h4-6,11,16-17,22H,1-3,7-10,12-15H2. The molecule has 2 aliphatic carbocycles. The van der Waals surface area contributed by atoms with E-state index in [0.29, 0.717) is 12.5 Å². The Bertz CT molecular complexity index is 742. The van der Waals surface area contributed by atoms with Crippen LogP contribution < -0.4 is 4.72 Å². The van der Waals surface area contributed by atoms with Crippen molar-refractivity contribution in [1.82, 2.24) is 9.62 Å². The van der Waals surface area contributed by atoms with Crippen LogP contribution in [0.4, 0.5) is 4.39 Å². The molecule has 1 aliphatic heterocycles. The molecule has 0 aromatic heterocycles. The van der Waals surface area contributed by atoms with Gasteiger partial charge in [0.15, 0.2) is 0 Å². The van der Waals surface area contributed by atoms with Crippen LogP contribution >= 0.6 is 0 Å². The number of nitrogens with one attached hydrogen (secondary N) is 1. The van der Waals surface area contributed by atoms with Crippen molar-refractivity contribution in [3.8, 4) is 0 Å². The average Bonchev–Trinajstić information content (AvgIpc) is 3.37. The third-order valence-electron chi connectivity index (χ3n) is 6.57. The minimum absolute atomic E-state index is 0.0167. The lowest BCUT2D eigenvalue weighted by Crippen LogP contribution is -2.40. The normalized spacial score (nSPS) is 26.4. The maximum Gasteiger partial charge on any atom is 0.240 e. The summed E-state index contributed by atoms with van der Waals surface area (Å²) in [6.07, 6.45) is 8.92. The summed E-state index contributed by atoms with van der Waals surface area (Å²) in [5.41, 5.74) is 0.262. The fraction of sp³-hybridized carbons (Fsp3) is 0.700. The zero-order chi connectivity index (χ0) is 18.2. The number of benzene rings is 1. The average molecular weight is 381 g/mol. The first kappa shape index (κ1) is 18.4. The minimum Gasteiger partial charge on any atom is -0.302 e. The largest absolute Gasteiger partial charge is 0.302 e. The summed E-state index contributed by atoms with van der Waals surface area (Å²) < 4.78 is 41.4. The highest BCUT2D eigenvalue weighted by molar-refractivity contribution is 7.89. The first-order chi connectivity index (χ1) is 12.5. The summed E-state index contributed by atoms with van der Waals surface area (Å²) in [6, 6.07) is 5.25. The number of hydrogen-bond acceptors (Lipinski definition) is 3. The molecule has 0 radical (unpaired) electrons. The molecule has 1 N–H and O–H groups in total. The molecule has 1 atom stereocenters. The molecular formula is C20H29FN2O2S. The fourth-order valence-electron chi connectivity index (χ4n) is 4.98. The van der Waals surface area contributed by atoms with Crippen LogP contribution in [0.1, 0.15) is 44.9 Å². The van der Waals surface area contributed by atoms with Crippen molar-refractivity contribution in [1.29, 1.82) is 0 Å². The molecule has 0 amide bonds. The van der Waals surface area contributed by atoms with Crippen molar-refractivity contribution >= 4 is 10.0 Å². The molecule has 1 spiro atoms. The molecule has 26 heavy (non-hydrogen) atoms. The van der Waals surface area contributed by atoms with Gasteiger partial charge in [-0.3, -0.25) is 0 Å². The van der Waals surface area contributed by atoms with E-state index in [9.17, 15) is 12.8 Å². The van der Waals surface area contributed by atoms with E-state index in [0.717, 1.165) is 25.1 Å². The van der Waals surface area contributed by atoms with Crippen molar-refractivity contribution in [2.45, 2.75) is 49.8 Å². The van der Waals surface area contributed by atoms with Gasteiger partial charge in [-0.25, -0.2) is 17.5 Å². The van der Waals surface area contributed by atoms with E-state index in [1.807, 2.05) is 0 Å². The Morgan fingerprint density at radius 1 is 1.19 bits per heavy atom. The van der Waals surface area contributed by atoms with Crippen LogP contribution in [-0.2, 0) is 10.0 Å². The second-order valence-corrected chi connectivity index (χ2v) is 10.3. The summed E-state index contributed by atoms with van der Waals surface area (Å²) in [6.45, 7) is 3.74. The number of nitrogens with zero attached hydrogens (tertiary/aromatic N) is 1. The molecule has 1 heterocycles. The minimum atomic E-state index is -3.66. The first-order valence-electron chi connectivity index (χ1n) is 9.94. The molecule has 3 fully saturated rings. The van der Waals surface area contributed by atoms with Crippen LogP contribution in [0.3, 0.4) is 0 Å². The van der Waals surface area contributed by atoms with Gasteiger partial charge in [-0.2, -0.15) is 0 Å². The lowest BCUT2D eigenvalue weighted by molar-refractivity contribution is 0.140. The zero-order valence-electron chi connectivity index (χ0n) is 15.3. The van der Waals surface area contributed by atoms with E-state index in [1.165, 1.54) is 69.7 Å². The van der Waals surface area contributed by atoms with Crippen LogP contribution in [0.2, 0.25) is 0 Å². The molecule has 6 heteroatoms. The number of rotatable bonds is 6. The summed E-state index contributed by atoms with van der Waals surface area (Å²) in [4.78, 5) is 2.59. The van der Waals surface area contributed by atoms with Crippen LogP contribution in [0, 0.1) is 23.1 Å².